The van der Waals surface area contributed by atoms with Gasteiger partial charge in [0.25, 0.3) is 0 Å². The number of hydrogen-bond donors (Lipinski definition) is 0. The van der Waals surface area contributed by atoms with Gasteiger partial charge in [0.05, 0.1) is 0 Å². The summed E-state index contributed by atoms with van der Waals surface area (Å²) in [6, 6.07) is 0. The fourth-order valence-corrected chi connectivity index (χ4v) is 5.02. The van der Waals surface area contributed by atoms with Crippen LogP contribution >= 0.6 is 0 Å². The second-order valence-electron chi connectivity index (χ2n) is 7.40. The molecule has 3 fully saturated rings. The van der Waals surface area contributed by atoms with Crippen LogP contribution < -0.4 is 0 Å². The molecule has 0 spiro atoms. The smallest absolute Gasteiger partial charge is 0.0149 e. The first-order valence-electron chi connectivity index (χ1n) is 6.60. The molecule has 3 aliphatic rings. The van der Waals surface area contributed by atoms with E-state index in [1.54, 1.807) is 5.57 Å². The molecule has 4 atom stereocenters. The fourth-order valence-electron chi connectivity index (χ4n) is 5.02. The van der Waals surface area contributed by atoms with E-state index in [-0.39, 0.29) is 0 Å². The van der Waals surface area contributed by atoms with Gasteiger partial charge in [-0.1, -0.05) is 32.9 Å². The van der Waals surface area contributed by atoms with Crippen LogP contribution in [0.5, 0.6) is 0 Å². The predicted molar refractivity (Wildman–Crippen MR) is 64.6 cm³/mol. The summed E-state index contributed by atoms with van der Waals surface area (Å²) in [5, 5.41) is 0. The molecule has 0 unspecified atom stereocenters. The molecular formula is C15H24. The van der Waals surface area contributed by atoms with Gasteiger partial charge in [-0.3, -0.25) is 0 Å². The summed E-state index contributed by atoms with van der Waals surface area (Å²) in [7, 11) is 0. The van der Waals surface area contributed by atoms with Crippen molar-refractivity contribution in [3.8, 4) is 0 Å². The largest absolute Gasteiger partial charge is 0.0995 e. The van der Waals surface area contributed by atoms with Crippen molar-refractivity contribution in [1.29, 1.82) is 0 Å². The van der Waals surface area contributed by atoms with E-state index in [2.05, 4.69) is 27.4 Å². The minimum Gasteiger partial charge on any atom is -0.0995 e. The first-order valence-corrected chi connectivity index (χ1v) is 6.60. The van der Waals surface area contributed by atoms with Gasteiger partial charge in [0.2, 0.25) is 0 Å². The standard InChI is InChI=1S/C15H24/c1-10-7-11-8-14(2,3)9-13(11)15(4)6-5-12(10)15/h11-13H,1,5-9H2,2-4H3/t11-,12+,13+,15+/m1/s1. The van der Waals surface area contributed by atoms with Crippen LogP contribution in [-0.4, -0.2) is 0 Å². The van der Waals surface area contributed by atoms with E-state index >= 15 is 0 Å². The van der Waals surface area contributed by atoms with Gasteiger partial charge in [0, 0.05) is 0 Å². The van der Waals surface area contributed by atoms with Crippen molar-refractivity contribution < 1.29 is 0 Å². The fraction of sp³-hybridized carbons (Fsp3) is 0.867. The summed E-state index contributed by atoms with van der Waals surface area (Å²) >= 11 is 0. The Balaban J connectivity index is 1.93. The molecule has 0 N–H and O–H groups in total. The molecule has 0 amide bonds. The third-order valence-corrected chi connectivity index (χ3v) is 5.79. The molecule has 0 heterocycles. The van der Waals surface area contributed by atoms with Crippen LogP contribution in [0, 0.1) is 28.6 Å². The van der Waals surface area contributed by atoms with E-state index in [0.29, 0.717) is 10.8 Å². The molecule has 15 heavy (non-hydrogen) atoms. The summed E-state index contributed by atoms with van der Waals surface area (Å²) in [6.45, 7) is 11.8. The van der Waals surface area contributed by atoms with Crippen LogP contribution in [0.3, 0.4) is 0 Å². The zero-order valence-electron chi connectivity index (χ0n) is 10.5. The first kappa shape index (κ1) is 9.93. The third kappa shape index (κ3) is 1.20. The van der Waals surface area contributed by atoms with Crippen LogP contribution in [0.1, 0.15) is 52.9 Å². The van der Waals surface area contributed by atoms with Gasteiger partial charge in [0.1, 0.15) is 0 Å². The Morgan fingerprint density at radius 2 is 1.93 bits per heavy atom. The maximum atomic E-state index is 4.35. The van der Waals surface area contributed by atoms with Gasteiger partial charge in [-0.25, -0.2) is 0 Å². The van der Waals surface area contributed by atoms with Crippen LogP contribution in [0.4, 0.5) is 0 Å². The highest BCUT2D eigenvalue weighted by Crippen LogP contribution is 2.67. The van der Waals surface area contributed by atoms with E-state index in [0.717, 1.165) is 17.8 Å². The highest BCUT2D eigenvalue weighted by Gasteiger charge is 2.58. The minimum atomic E-state index is 0.600. The van der Waals surface area contributed by atoms with Gasteiger partial charge in [-0.15, -0.1) is 0 Å². The molecule has 84 valence electrons. The van der Waals surface area contributed by atoms with Gasteiger partial charge < -0.3 is 0 Å². The topological polar surface area (TPSA) is 0 Å². The zero-order chi connectivity index (χ0) is 10.8. The number of hydrogen-bond acceptors (Lipinski definition) is 0. The summed E-state index contributed by atoms with van der Waals surface area (Å²) < 4.78 is 0. The molecule has 0 aromatic rings. The normalized spacial score (nSPS) is 51.9. The third-order valence-electron chi connectivity index (χ3n) is 5.79. The van der Waals surface area contributed by atoms with Gasteiger partial charge in [-0.2, -0.15) is 0 Å². The lowest BCUT2D eigenvalue weighted by atomic mass is 9.47. The molecule has 0 aromatic heterocycles. The van der Waals surface area contributed by atoms with Crippen LogP contribution in [0.2, 0.25) is 0 Å². The SMILES string of the molecule is C=C1C[C@@H]2CC(C)(C)C[C@@H]2[C@@]2(C)CC[C@@H]12. The van der Waals surface area contributed by atoms with Crippen molar-refractivity contribution in [2.75, 3.05) is 0 Å². The van der Waals surface area contributed by atoms with Crippen LogP contribution in [0.25, 0.3) is 0 Å². The quantitative estimate of drug-likeness (QED) is 0.513. The molecule has 3 aliphatic carbocycles. The van der Waals surface area contributed by atoms with Crippen LogP contribution in [0.15, 0.2) is 12.2 Å². The van der Waals surface area contributed by atoms with E-state index in [4.69, 9.17) is 0 Å². The molecule has 0 aromatic carbocycles. The molecular weight excluding hydrogens is 180 g/mol. The Morgan fingerprint density at radius 1 is 1.20 bits per heavy atom. The summed E-state index contributed by atoms with van der Waals surface area (Å²) in [5.41, 5.74) is 2.83. The first-order chi connectivity index (χ1) is 6.92. The van der Waals surface area contributed by atoms with Crippen molar-refractivity contribution in [1.82, 2.24) is 0 Å². The number of rotatable bonds is 0. The summed E-state index contributed by atoms with van der Waals surface area (Å²) in [6.07, 6.45) is 7.15. The maximum Gasteiger partial charge on any atom is -0.0149 e. The lowest BCUT2D eigenvalue weighted by Crippen LogP contribution is -2.49. The van der Waals surface area contributed by atoms with Crippen molar-refractivity contribution >= 4 is 0 Å². The van der Waals surface area contributed by atoms with E-state index in [1.807, 2.05) is 0 Å². The Hall–Kier alpha value is -0.260. The second-order valence-corrected chi connectivity index (χ2v) is 7.40. The molecule has 0 radical (unpaired) electrons. The molecule has 0 heteroatoms. The maximum absolute atomic E-state index is 4.35. The monoisotopic (exact) mass is 204 g/mol. The van der Waals surface area contributed by atoms with Crippen molar-refractivity contribution in [3.63, 3.8) is 0 Å². The molecule has 0 saturated heterocycles. The van der Waals surface area contributed by atoms with E-state index in [9.17, 15) is 0 Å². The highest BCUT2D eigenvalue weighted by atomic mass is 14.6. The summed E-state index contributed by atoms with van der Waals surface area (Å²) in [4.78, 5) is 0. The predicted octanol–water partition coefficient (Wildman–Crippen LogP) is 4.42. The molecule has 0 nitrogen and oxygen atoms in total. The van der Waals surface area contributed by atoms with Crippen molar-refractivity contribution in [2.24, 2.45) is 28.6 Å². The minimum absolute atomic E-state index is 0.600. The lowest BCUT2D eigenvalue weighted by Gasteiger charge is -2.58. The van der Waals surface area contributed by atoms with Gasteiger partial charge >= 0.3 is 0 Å². The van der Waals surface area contributed by atoms with E-state index < -0.39 is 0 Å². The molecule has 3 rings (SSSR count). The number of allylic oxidation sites excluding steroid dienone is 1. The van der Waals surface area contributed by atoms with Gasteiger partial charge in [-0.05, 0) is 60.7 Å². The average molecular weight is 204 g/mol. The van der Waals surface area contributed by atoms with E-state index in [1.165, 1.54) is 32.1 Å². The van der Waals surface area contributed by atoms with Crippen LogP contribution in [-0.2, 0) is 0 Å². The zero-order valence-corrected chi connectivity index (χ0v) is 10.5. The molecule has 0 bridgehead atoms. The molecule has 3 saturated carbocycles. The average Bonchev–Trinajstić information content (AvgIpc) is 2.36. The Bertz CT molecular complexity index is 312. The second kappa shape index (κ2) is 2.70. The Morgan fingerprint density at radius 3 is 2.53 bits per heavy atom. The Labute approximate surface area is 94.1 Å². The lowest BCUT2D eigenvalue weighted by molar-refractivity contribution is -0.0376. The molecule has 0 aliphatic heterocycles. The Kier molecular flexibility index (Phi) is 1.79. The highest BCUT2D eigenvalue weighted by molar-refractivity contribution is 5.21. The van der Waals surface area contributed by atoms with Crippen molar-refractivity contribution in [2.45, 2.75) is 52.9 Å². The summed E-state index contributed by atoms with van der Waals surface area (Å²) in [5.74, 6) is 2.86. The van der Waals surface area contributed by atoms with Gasteiger partial charge in [0.15, 0.2) is 0 Å². The number of fused-ring (bicyclic) bond motifs is 3. The van der Waals surface area contributed by atoms with Crippen molar-refractivity contribution in [3.05, 3.63) is 12.2 Å².